The van der Waals surface area contributed by atoms with E-state index in [1.165, 1.54) is 0 Å². The van der Waals surface area contributed by atoms with Crippen LogP contribution in [-0.4, -0.2) is 18.4 Å². The highest BCUT2D eigenvalue weighted by atomic mass is 19.1. The molecule has 4 nitrogen and oxygen atoms in total. The summed E-state index contributed by atoms with van der Waals surface area (Å²) in [4.78, 5) is 0. The maximum absolute atomic E-state index is 12.5. The van der Waals surface area contributed by atoms with Crippen molar-refractivity contribution in [2.45, 2.75) is 12.8 Å². The molecular weight excluding hydrogens is 201 g/mol. The van der Waals surface area contributed by atoms with Gasteiger partial charge in [-0.05, 0) is 17.7 Å². The van der Waals surface area contributed by atoms with E-state index in [9.17, 15) is 9.50 Å². The molecule has 2 rings (SSSR count). The Kier molecular flexibility index (Phi) is 2.75. The van der Waals surface area contributed by atoms with Crippen LogP contribution in [0.1, 0.15) is 17.2 Å². The Morgan fingerprint density at radius 1 is 1.47 bits per heavy atom. The van der Waals surface area contributed by atoms with E-state index in [0.717, 1.165) is 0 Å². The first-order valence-electron chi connectivity index (χ1n) is 4.62. The fraction of sp³-hybridized carbons (Fsp3) is 0.400. The summed E-state index contributed by atoms with van der Waals surface area (Å²) in [6.45, 7) is -0.457. The van der Waals surface area contributed by atoms with Crippen LogP contribution in [0.3, 0.4) is 0 Å². The first-order chi connectivity index (χ1) is 7.26. The van der Waals surface area contributed by atoms with Gasteiger partial charge in [-0.3, -0.25) is 0 Å². The zero-order valence-electron chi connectivity index (χ0n) is 8.07. The topological polar surface area (TPSA) is 64.7 Å². The first kappa shape index (κ1) is 10.2. The SMILES string of the molecule is NCC(O)c1cc(CF)cc2c1OCO2. The van der Waals surface area contributed by atoms with Gasteiger partial charge >= 0.3 is 0 Å². The van der Waals surface area contributed by atoms with Crippen molar-refractivity contribution in [2.24, 2.45) is 5.73 Å². The van der Waals surface area contributed by atoms with Crippen LogP contribution in [0.15, 0.2) is 12.1 Å². The third-order valence-corrected chi connectivity index (χ3v) is 2.30. The molecule has 3 N–H and O–H groups in total. The monoisotopic (exact) mass is 213 g/mol. The minimum absolute atomic E-state index is 0.0611. The minimum atomic E-state index is -0.855. The number of benzene rings is 1. The number of hydrogen-bond acceptors (Lipinski definition) is 4. The quantitative estimate of drug-likeness (QED) is 0.782. The minimum Gasteiger partial charge on any atom is -0.454 e. The summed E-state index contributed by atoms with van der Waals surface area (Å²) in [7, 11) is 0. The van der Waals surface area contributed by atoms with Crippen molar-refractivity contribution in [1.82, 2.24) is 0 Å². The molecule has 82 valence electrons. The van der Waals surface area contributed by atoms with Gasteiger partial charge in [0.2, 0.25) is 6.79 Å². The molecule has 0 radical (unpaired) electrons. The predicted octanol–water partition coefficient (Wildman–Crippen LogP) is 0.877. The molecule has 15 heavy (non-hydrogen) atoms. The lowest BCUT2D eigenvalue weighted by molar-refractivity contribution is 0.161. The van der Waals surface area contributed by atoms with Gasteiger partial charge in [0, 0.05) is 12.1 Å². The summed E-state index contributed by atoms with van der Waals surface area (Å²) in [5.74, 6) is 0.929. The third-order valence-electron chi connectivity index (χ3n) is 2.30. The number of ether oxygens (including phenoxy) is 2. The summed E-state index contributed by atoms with van der Waals surface area (Å²) >= 11 is 0. The number of nitrogens with two attached hydrogens (primary N) is 1. The Labute approximate surface area is 86.4 Å². The second kappa shape index (κ2) is 4.04. The second-order valence-corrected chi connectivity index (χ2v) is 3.30. The molecule has 1 aliphatic heterocycles. The van der Waals surface area contributed by atoms with Crippen molar-refractivity contribution in [3.05, 3.63) is 23.3 Å². The van der Waals surface area contributed by atoms with Crippen molar-refractivity contribution in [3.8, 4) is 11.5 Å². The van der Waals surface area contributed by atoms with Crippen LogP contribution in [0.5, 0.6) is 11.5 Å². The van der Waals surface area contributed by atoms with E-state index in [4.69, 9.17) is 15.2 Å². The van der Waals surface area contributed by atoms with Gasteiger partial charge < -0.3 is 20.3 Å². The van der Waals surface area contributed by atoms with Crippen LogP contribution >= 0.6 is 0 Å². The Hall–Kier alpha value is -1.33. The second-order valence-electron chi connectivity index (χ2n) is 3.30. The zero-order chi connectivity index (χ0) is 10.8. The molecule has 1 atom stereocenters. The van der Waals surface area contributed by atoms with Crippen molar-refractivity contribution in [3.63, 3.8) is 0 Å². The number of halogens is 1. The van der Waals surface area contributed by atoms with Crippen LogP contribution in [0, 0.1) is 0 Å². The number of aliphatic hydroxyl groups is 1. The molecule has 0 saturated heterocycles. The summed E-state index contributed by atoms with van der Waals surface area (Å²) in [6.07, 6.45) is -0.855. The fourth-order valence-corrected chi connectivity index (χ4v) is 1.55. The largest absolute Gasteiger partial charge is 0.454 e. The van der Waals surface area contributed by atoms with Gasteiger partial charge in [-0.2, -0.15) is 0 Å². The van der Waals surface area contributed by atoms with E-state index in [-0.39, 0.29) is 13.3 Å². The molecule has 0 saturated carbocycles. The highest BCUT2D eigenvalue weighted by Crippen LogP contribution is 2.39. The van der Waals surface area contributed by atoms with Crippen LogP contribution in [0.4, 0.5) is 4.39 Å². The molecule has 1 aromatic carbocycles. The van der Waals surface area contributed by atoms with Crippen molar-refractivity contribution >= 4 is 0 Å². The zero-order valence-corrected chi connectivity index (χ0v) is 8.07. The van der Waals surface area contributed by atoms with Crippen LogP contribution in [-0.2, 0) is 6.67 Å². The van der Waals surface area contributed by atoms with E-state index in [1.54, 1.807) is 12.1 Å². The normalized spacial score (nSPS) is 15.4. The highest BCUT2D eigenvalue weighted by molar-refractivity contribution is 5.51. The Morgan fingerprint density at radius 3 is 2.93 bits per heavy atom. The van der Waals surface area contributed by atoms with Gasteiger partial charge in [-0.1, -0.05) is 0 Å². The molecule has 1 unspecified atom stereocenters. The van der Waals surface area contributed by atoms with Crippen LogP contribution in [0.2, 0.25) is 0 Å². The van der Waals surface area contributed by atoms with Gasteiger partial charge in [-0.25, -0.2) is 4.39 Å². The van der Waals surface area contributed by atoms with Gasteiger partial charge in [-0.15, -0.1) is 0 Å². The Balaban J connectivity index is 2.47. The maximum Gasteiger partial charge on any atom is 0.231 e. The summed E-state index contributed by atoms with van der Waals surface area (Å²) < 4.78 is 22.9. The molecule has 1 aliphatic rings. The molecule has 5 heteroatoms. The predicted molar refractivity (Wildman–Crippen MR) is 51.4 cm³/mol. The van der Waals surface area contributed by atoms with E-state index in [1.807, 2.05) is 0 Å². The average Bonchev–Trinajstić information content (AvgIpc) is 2.74. The average molecular weight is 213 g/mol. The van der Waals surface area contributed by atoms with Crippen molar-refractivity contribution in [2.75, 3.05) is 13.3 Å². The molecule has 1 aromatic rings. The van der Waals surface area contributed by atoms with Gasteiger partial charge in [0.05, 0.1) is 6.10 Å². The van der Waals surface area contributed by atoms with Gasteiger partial charge in [0.15, 0.2) is 11.5 Å². The van der Waals surface area contributed by atoms with Gasteiger partial charge in [0.1, 0.15) is 6.67 Å². The van der Waals surface area contributed by atoms with Crippen molar-refractivity contribution in [1.29, 1.82) is 0 Å². The van der Waals surface area contributed by atoms with E-state index < -0.39 is 12.8 Å². The first-order valence-corrected chi connectivity index (χ1v) is 4.62. The lowest BCUT2D eigenvalue weighted by Crippen LogP contribution is -2.12. The number of alkyl halides is 1. The molecule has 0 amide bonds. The third kappa shape index (κ3) is 1.75. The Bertz CT molecular complexity index is 370. The van der Waals surface area contributed by atoms with Crippen LogP contribution in [0.25, 0.3) is 0 Å². The summed E-state index contributed by atoms with van der Waals surface area (Å²) in [6, 6.07) is 3.11. The smallest absolute Gasteiger partial charge is 0.231 e. The molecule has 0 spiro atoms. The fourth-order valence-electron chi connectivity index (χ4n) is 1.55. The van der Waals surface area contributed by atoms with Crippen LogP contribution < -0.4 is 15.2 Å². The maximum atomic E-state index is 12.5. The van der Waals surface area contributed by atoms with E-state index >= 15 is 0 Å². The molecule has 0 aromatic heterocycles. The van der Waals surface area contributed by atoms with Gasteiger partial charge in [0.25, 0.3) is 0 Å². The molecule has 0 fully saturated rings. The lowest BCUT2D eigenvalue weighted by atomic mass is 10.0. The standard InChI is InChI=1S/C10H12FNO3/c11-3-6-1-7(8(13)4-12)10-9(2-6)14-5-15-10/h1-2,8,13H,3-5,12H2. The number of hydrogen-bond donors (Lipinski definition) is 2. The number of aliphatic hydroxyl groups excluding tert-OH is 1. The lowest BCUT2D eigenvalue weighted by Gasteiger charge is -2.12. The molecule has 1 heterocycles. The molecule has 0 aliphatic carbocycles. The highest BCUT2D eigenvalue weighted by Gasteiger charge is 2.22. The Morgan fingerprint density at radius 2 is 2.27 bits per heavy atom. The summed E-state index contributed by atoms with van der Waals surface area (Å²) in [5.41, 5.74) is 6.28. The molecular formula is C10H12FNO3. The number of fused-ring (bicyclic) bond motifs is 1. The molecule has 0 bridgehead atoms. The van der Waals surface area contributed by atoms with E-state index in [0.29, 0.717) is 22.6 Å². The van der Waals surface area contributed by atoms with Crippen molar-refractivity contribution < 1.29 is 19.0 Å². The summed E-state index contributed by atoms with van der Waals surface area (Å²) in [5, 5.41) is 9.63. The van der Waals surface area contributed by atoms with E-state index in [2.05, 4.69) is 0 Å². The number of rotatable bonds is 3.